The van der Waals surface area contributed by atoms with Crippen LogP contribution < -0.4 is 11.1 Å². The number of aromatic carboxylic acids is 1. The molecule has 1 amide bonds. The number of primary amides is 1. The number of carbonyl (C=O) groups is 2. The van der Waals surface area contributed by atoms with Crippen LogP contribution in [0, 0.1) is 12.7 Å². The zero-order valence-corrected chi connectivity index (χ0v) is 11.2. The molecule has 5 nitrogen and oxygen atoms in total. The topological polar surface area (TPSA) is 92.4 Å². The molecule has 0 aliphatic carbocycles. The van der Waals surface area contributed by atoms with E-state index in [-0.39, 0.29) is 11.1 Å². The van der Waals surface area contributed by atoms with Gasteiger partial charge < -0.3 is 16.2 Å². The zero-order chi connectivity index (χ0) is 15.6. The number of rotatable bonds is 4. The molecule has 2 aromatic rings. The first-order valence-corrected chi connectivity index (χ1v) is 6.09. The van der Waals surface area contributed by atoms with Crippen molar-refractivity contribution in [3.63, 3.8) is 0 Å². The summed E-state index contributed by atoms with van der Waals surface area (Å²) in [6.45, 7) is 1.68. The summed E-state index contributed by atoms with van der Waals surface area (Å²) in [6, 6.07) is 8.31. The normalized spacial score (nSPS) is 10.2. The Morgan fingerprint density at radius 1 is 1.14 bits per heavy atom. The molecule has 0 heterocycles. The fourth-order valence-electron chi connectivity index (χ4n) is 1.92. The summed E-state index contributed by atoms with van der Waals surface area (Å²) < 4.78 is 13.2. The summed E-state index contributed by atoms with van der Waals surface area (Å²) in [7, 11) is 0. The van der Waals surface area contributed by atoms with E-state index in [2.05, 4.69) is 5.32 Å². The molecule has 0 aromatic heterocycles. The van der Waals surface area contributed by atoms with Crippen LogP contribution >= 0.6 is 0 Å². The Labute approximate surface area is 120 Å². The van der Waals surface area contributed by atoms with Crippen LogP contribution in [0.4, 0.5) is 15.8 Å². The number of carbonyl (C=O) groups excluding carboxylic acids is 1. The molecule has 0 aliphatic heterocycles. The van der Waals surface area contributed by atoms with Gasteiger partial charge in [-0.15, -0.1) is 0 Å². The van der Waals surface area contributed by atoms with E-state index < -0.39 is 17.7 Å². The number of carboxylic acids is 1. The van der Waals surface area contributed by atoms with Gasteiger partial charge >= 0.3 is 5.97 Å². The molecule has 0 fully saturated rings. The lowest BCUT2D eigenvalue weighted by molar-refractivity contribution is 0.0696. The van der Waals surface area contributed by atoms with Gasteiger partial charge in [0, 0.05) is 5.69 Å². The van der Waals surface area contributed by atoms with Crippen LogP contribution in [0.25, 0.3) is 0 Å². The van der Waals surface area contributed by atoms with Crippen LogP contribution in [0.2, 0.25) is 0 Å². The maximum Gasteiger partial charge on any atom is 0.336 e. The van der Waals surface area contributed by atoms with Crippen LogP contribution in [-0.4, -0.2) is 17.0 Å². The molecule has 0 radical (unpaired) electrons. The van der Waals surface area contributed by atoms with Crippen molar-refractivity contribution < 1.29 is 19.1 Å². The quantitative estimate of drug-likeness (QED) is 0.806. The molecule has 0 unspecified atom stereocenters. The lowest BCUT2D eigenvalue weighted by Crippen LogP contribution is -2.13. The first-order valence-electron chi connectivity index (χ1n) is 6.09. The molecule has 0 saturated heterocycles. The fraction of sp³-hybridized carbons (Fsp3) is 0.0667. The van der Waals surface area contributed by atoms with E-state index in [1.54, 1.807) is 19.1 Å². The third kappa shape index (κ3) is 3.17. The highest BCUT2D eigenvalue weighted by atomic mass is 19.1. The minimum atomic E-state index is -1.05. The van der Waals surface area contributed by atoms with Crippen molar-refractivity contribution in [2.45, 2.75) is 6.92 Å². The molecule has 4 N–H and O–H groups in total. The number of anilines is 2. The number of hydrogen-bond donors (Lipinski definition) is 3. The maximum absolute atomic E-state index is 13.2. The van der Waals surface area contributed by atoms with Crippen molar-refractivity contribution in [2.24, 2.45) is 5.73 Å². The SMILES string of the molecule is Cc1ccc(Nc2ccc(F)cc2C(N)=O)cc1C(=O)O. The second kappa shape index (κ2) is 5.62. The van der Waals surface area contributed by atoms with Gasteiger partial charge in [0.05, 0.1) is 16.8 Å². The Bertz CT molecular complexity index is 729. The highest BCUT2D eigenvalue weighted by Crippen LogP contribution is 2.23. The first-order chi connectivity index (χ1) is 9.88. The predicted octanol–water partition coefficient (Wildman–Crippen LogP) is 2.67. The molecule has 0 bridgehead atoms. The molecular formula is C15H13FN2O3. The van der Waals surface area contributed by atoms with Crippen molar-refractivity contribution in [2.75, 3.05) is 5.32 Å². The van der Waals surface area contributed by atoms with E-state index in [1.807, 2.05) is 0 Å². The lowest BCUT2D eigenvalue weighted by Gasteiger charge is -2.11. The lowest BCUT2D eigenvalue weighted by atomic mass is 10.1. The smallest absolute Gasteiger partial charge is 0.336 e. The van der Waals surface area contributed by atoms with Crippen LogP contribution in [0.5, 0.6) is 0 Å². The number of amides is 1. The minimum Gasteiger partial charge on any atom is -0.478 e. The Balaban J connectivity index is 2.41. The summed E-state index contributed by atoms with van der Waals surface area (Å²) in [5, 5.41) is 12.0. The Kier molecular flexibility index (Phi) is 3.89. The van der Waals surface area contributed by atoms with E-state index in [1.165, 1.54) is 18.2 Å². The van der Waals surface area contributed by atoms with Crippen molar-refractivity contribution in [1.29, 1.82) is 0 Å². The van der Waals surface area contributed by atoms with Crippen molar-refractivity contribution in [1.82, 2.24) is 0 Å². The molecule has 0 saturated carbocycles. The molecule has 0 atom stereocenters. The molecule has 6 heteroatoms. The van der Waals surface area contributed by atoms with E-state index in [0.717, 1.165) is 6.07 Å². The second-order valence-corrected chi connectivity index (χ2v) is 4.51. The Morgan fingerprint density at radius 2 is 1.86 bits per heavy atom. The standard InChI is InChI=1S/C15H13FN2O3/c1-8-2-4-10(7-11(8)15(20)21)18-13-5-3-9(16)6-12(13)14(17)19/h2-7,18H,1H3,(H2,17,19)(H,20,21). The number of benzene rings is 2. The Hall–Kier alpha value is -2.89. The molecule has 0 aliphatic rings. The van der Waals surface area contributed by atoms with Gasteiger partial charge in [0.15, 0.2) is 0 Å². The van der Waals surface area contributed by atoms with E-state index >= 15 is 0 Å². The van der Waals surface area contributed by atoms with Crippen LogP contribution in [0.3, 0.4) is 0 Å². The van der Waals surface area contributed by atoms with Gasteiger partial charge in [0.25, 0.3) is 5.91 Å². The van der Waals surface area contributed by atoms with Crippen molar-refractivity contribution in [3.05, 3.63) is 58.9 Å². The molecule has 108 valence electrons. The molecule has 0 spiro atoms. The summed E-state index contributed by atoms with van der Waals surface area (Å²) in [5.41, 5.74) is 6.72. The maximum atomic E-state index is 13.2. The molecule has 21 heavy (non-hydrogen) atoms. The van der Waals surface area contributed by atoms with Gasteiger partial charge in [-0.05, 0) is 42.8 Å². The van der Waals surface area contributed by atoms with E-state index in [0.29, 0.717) is 16.9 Å². The van der Waals surface area contributed by atoms with Gasteiger partial charge in [-0.1, -0.05) is 6.07 Å². The largest absolute Gasteiger partial charge is 0.478 e. The summed E-state index contributed by atoms with van der Waals surface area (Å²) in [4.78, 5) is 22.4. The second-order valence-electron chi connectivity index (χ2n) is 4.51. The summed E-state index contributed by atoms with van der Waals surface area (Å²) in [6.07, 6.45) is 0. The highest BCUT2D eigenvalue weighted by molar-refractivity contribution is 5.99. The van der Waals surface area contributed by atoms with Gasteiger partial charge in [-0.3, -0.25) is 4.79 Å². The summed E-state index contributed by atoms with van der Waals surface area (Å²) in [5.74, 6) is -2.41. The predicted molar refractivity (Wildman–Crippen MR) is 76.3 cm³/mol. The van der Waals surface area contributed by atoms with E-state index in [9.17, 15) is 14.0 Å². The number of carboxylic acid groups (broad SMARTS) is 1. The molecule has 2 aromatic carbocycles. The minimum absolute atomic E-state index is 0.00699. The molecule has 2 rings (SSSR count). The third-order valence-electron chi connectivity index (χ3n) is 2.99. The Morgan fingerprint density at radius 3 is 2.48 bits per heavy atom. The number of aryl methyl sites for hydroxylation is 1. The van der Waals surface area contributed by atoms with Crippen molar-refractivity contribution in [3.8, 4) is 0 Å². The average Bonchev–Trinajstić information content (AvgIpc) is 2.42. The van der Waals surface area contributed by atoms with Gasteiger partial charge in [-0.2, -0.15) is 0 Å². The van der Waals surface area contributed by atoms with Gasteiger partial charge in [-0.25, -0.2) is 9.18 Å². The first kappa shape index (κ1) is 14.5. The zero-order valence-electron chi connectivity index (χ0n) is 11.2. The van der Waals surface area contributed by atoms with Crippen molar-refractivity contribution >= 4 is 23.3 Å². The van der Waals surface area contributed by atoms with E-state index in [4.69, 9.17) is 10.8 Å². The van der Waals surface area contributed by atoms with Gasteiger partial charge in [0.1, 0.15) is 5.82 Å². The number of halogens is 1. The third-order valence-corrected chi connectivity index (χ3v) is 2.99. The number of nitrogens with two attached hydrogens (primary N) is 1. The molecular weight excluding hydrogens is 275 g/mol. The number of nitrogens with one attached hydrogen (secondary N) is 1. The van der Waals surface area contributed by atoms with Crippen LogP contribution in [0.15, 0.2) is 36.4 Å². The monoisotopic (exact) mass is 288 g/mol. The van der Waals surface area contributed by atoms with Crippen LogP contribution in [0.1, 0.15) is 26.3 Å². The number of hydrogen-bond acceptors (Lipinski definition) is 3. The highest BCUT2D eigenvalue weighted by Gasteiger charge is 2.12. The average molecular weight is 288 g/mol. The van der Waals surface area contributed by atoms with Gasteiger partial charge in [0.2, 0.25) is 0 Å². The fourth-order valence-corrected chi connectivity index (χ4v) is 1.92. The van der Waals surface area contributed by atoms with Crippen LogP contribution in [-0.2, 0) is 0 Å². The summed E-state index contributed by atoms with van der Waals surface area (Å²) >= 11 is 0.